The fourth-order valence-electron chi connectivity index (χ4n) is 2.75. The Bertz CT molecular complexity index is 1080. The van der Waals surface area contributed by atoms with Gasteiger partial charge in [0.15, 0.2) is 11.5 Å². The van der Waals surface area contributed by atoms with Gasteiger partial charge in [0.1, 0.15) is 6.54 Å². The Hall–Kier alpha value is -3.26. The van der Waals surface area contributed by atoms with Gasteiger partial charge in [-0.2, -0.15) is 5.10 Å². The normalized spacial score (nSPS) is 10.4. The maximum Gasteiger partial charge on any atom is 0.267 e. The third-order valence-corrected chi connectivity index (χ3v) is 4.92. The summed E-state index contributed by atoms with van der Waals surface area (Å²) < 4.78 is 11.7. The third-order valence-electron chi connectivity index (χ3n) is 4.19. The molecule has 1 heterocycles. The molecular weight excluding hydrogens is 390 g/mol. The lowest BCUT2D eigenvalue weighted by atomic mass is 10.1. The highest BCUT2D eigenvalue weighted by Gasteiger charge is 2.11. The molecule has 0 fully saturated rings. The molecule has 3 aromatic rings. The Balaban J connectivity index is 1.82. The molecule has 1 N–H and O–H groups in total. The first-order chi connectivity index (χ1) is 14.0. The molecular formula is C21H21N3O4S. The molecule has 1 aromatic heterocycles. The van der Waals surface area contributed by atoms with Crippen LogP contribution < -0.4 is 20.3 Å². The minimum Gasteiger partial charge on any atom is -0.493 e. The van der Waals surface area contributed by atoms with Crippen molar-refractivity contribution in [1.82, 2.24) is 9.78 Å². The van der Waals surface area contributed by atoms with Crippen LogP contribution in [0.2, 0.25) is 0 Å². The van der Waals surface area contributed by atoms with Crippen molar-refractivity contribution in [1.29, 1.82) is 0 Å². The van der Waals surface area contributed by atoms with Gasteiger partial charge in [0, 0.05) is 22.2 Å². The summed E-state index contributed by atoms with van der Waals surface area (Å²) in [6.07, 6.45) is 1.96. The highest BCUT2D eigenvalue weighted by Crippen LogP contribution is 2.31. The number of carbonyl (C=O) groups is 1. The summed E-state index contributed by atoms with van der Waals surface area (Å²) in [5.41, 5.74) is 1.60. The maximum absolute atomic E-state index is 12.4. The van der Waals surface area contributed by atoms with Crippen LogP contribution in [0.4, 0.5) is 5.69 Å². The van der Waals surface area contributed by atoms with Crippen LogP contribution in [-0.4, -0.2) is 36.2 Å². The predicted molar refractivity (Wildman–Crippen MR) is 114 cm³/mol. The number of anilines is 1. The summed E-state index contributed by atoms with van der Waals surface area (Å²) >= 11 is 1.58. The molecule has 1 amide bonds. The summed E-state index contributed by atoms with van der Waals surface area (Å²) in [6, 6.07) is 15.8. The molecule has 0 aliphatic heterocycles. The fraction of sp³-hybridized carbons (Fsp3) is 0.190. The minimum atomic E-state index is -0.359. The Morgan fingerprint density at radius 3 is 2.59 bits per heavy atom. The zero-order valence-corrected chi connectivity index (χ0v) is 17.2. The number of ether oxygens (including phenoxy) is 2. The molecule has 0 spiro atoms. The largest absolute Gasteiger partial charge is 0.493 e. The molecule has 2 aromatic carbocycles. The van der Waals surface area contributed by atoms with E-state index in [1.54, 1.807) is 50.2 Å². The minimum absolute atomic E-state index is 0.191. The molecule has 0 aliphatic carbocycles. The second kappa shape index (κ2) is 9.29. The number of nitrogens with zero attached hydrogens (tertiary/aromatic N) is 2. The molecule has 7 nitrogen and oxygen atoms in total. The van der Waals surface area contributed by atoms with Crippen molar-refractivity contribution in [2.24, 2.45) is 0 Å². The maximum atomic E-state index is 12.4. The van der Waals surface area contributed by atoms with Gasteiger partial charge in [0.2, 0.25) is 5.91 Å². The van der Waals surface area contributed by atoms with Crippen molar-refractivity contribution in [3.05, 3.63) is 65.0 Å². The average Bonchev–Trinajstić information content (AvgIpc) is 2.74. The summed E-state index contributed by atoms with van der Waals surface area (Å²) in [4.78, 5) is 25.6. The SMILES string of the molecule is COc1ccc(-c2ccc(=O)n(CC(=O)Nc3cccc(SC)c3)n2)cc1OC. The molecule has 3 rings (SSSR count). The van der Waals surface area contributed by atoms with Gasteiger partial charge in [0.05, 0.1) is 19.9 Å². The third kappa shape index (κ3) is 4.97. The monoisotopic (exact) mass is 411 g/mol. The van der Waals surface area contributed by atoms with Crippen molar-refractivity contribution in [3.63, 3.8) is 0 Å². The Labute approximate surface area is 172 Å². The Morgan fingerprint density at radius 2 is 1.86 bits per heavy atom. The lowest BCUT2D eigenvalue weighted by molar-refractivity contribution is -0.117. The lowest BCUT2D eigenvalue weighted by Gasteiger charge is -2.11. The van der Waals surface area contributed by atoms with E-state index >= 15 is 0 Å². The zero-order valence-electron chi connectivity index (χ0n) is 16.3. The van der Waals surface area contributed by atoms with E-state index in [0.29, 0.717) is 22.9 Å². The van der Waals surface area contributed by atoms with Gasteiger partial charge in [-0.1, -0.05) is 6.07 Å². The number of hydrogen-bond donors (Lipinski definition) is 1. The van der Waals surface area contributed by atoms with Crippen LogP contribution in [-0.2, 0) is 11.3 Å². The quantitative estimate of drug-likeness (QED) is 0.601. The summed E-state index contributed by atoms with van der Waals surface area (Å²) in [5.74, 6) is 0.815. The summed E-state index contributed by atoms with van der Waals surface area (Å²) in [5, 5.41) is 7.13. The number of nitrogens with one attached hydrogen (secondary N) is 1. The molecule has 29 heavy (non-hydrogen) atoms. The van der Waals surface area contributed by atoms with Crippen LogP contribution in [0.5, 0.6) is 11.5 Å². The van der Waals surface area contributed by atoms with Crippen molar-refractivity contribution in [3.8, 4) is 22.8 Å². The highest BCUT2D eigenvalue weighted by molar-refractivity contribution is 7.98. The standard InChI is InChI=1S/C21H21N3O4S/c1-27-18-9-7-14(11-19(18)28-2)17-8-10-21(26)24(23-17)13-20(25)22-15-5-4-6-16(12-15)29-3/h4-12H,13H2,1-3H3,(H,22,25). The van der Waals surface area contributed by atoms with Crippen LogP contribution in [0, 0.1) is 0 Å². The number of thioether (sulfide) groups is 1. The molecule has 0 radical (unpaired) electrons. The van der Waals surface area contributed by atoms with Crippen LogP contribution in [0.25, 0.3) is 11.3 Å². The van der Waals surface area contributed by atoms with Gasteiger partial charge in [-0.05, 0) is 48.7 Å². The average molecular weight is 411 g/mol. The number of aromatic nitrogens is 2. The van der Waals surface area contributed by atoms with Crippen LogP contribution in [0.3, 0.4) is 0 Å². The first-order valence-electron chi connectivity index (χ1n) is 8.78. The smallest absolute Gasteiger partial charge is 0.267 e. The number of rotatable bonds is 7. The predicted octanol–water partition coefficient (Wildman–Crippen LogP) is 3.29. The lowest BCUT2D eigenvalue weighted by Crippen LogP contribution is -2.29. The zero-order chi connectivity index (χ0) is 20.8. The topological polar surface area (TPSA) is 82.5 Å². The van der Waals surface area contributed by atoms with E-state index < -0.39 is 0 Å². The number of benzene rings is 2. The number of methoxy groups -OCH3 is 2. The van der Waals surface area contributed by atoms with E-state index in [0.717, 1.165) is 15.1 Å². The second-order valence-corrected chi connectivity index (χ2v) is 6.94. The van der Waals surface area contributed by atoms with Gasteiger partial charge in [-0.15, -0.1) is 11.8 Å². The molecule has 0 bridgehead atoms. The van der Waals surface area contributed by atoms with E-state index in [4.69, 9.17) is 9.47 Å². The number of carbonyl (C=O) groups excluding carboxylic acids is 1. The molecule has 0 aliphatic rings. The van der Waals surface area contributed by atoms with E-state index in [9.17, 15) is 9.59 Å². The first-order valence-corrected chi connectivity index (χ1v) is 10.0. The first kappa shape index (κ1) is 20.5. The molecule has 0 saturated carbocycles. The van der Waals surface area contributed by atoms with Crippen molar-refractivity contribution in [2.45, 2.75) is 11.4 Å². The van der Waals surface area contributed by atoms with E-state index in [2.05, 4.69) is 10.4 Å². The molecule has 0 atom stereocenters. The van der Waals surface area contributed by atoms with Gasteiger partial charge in [-0.3, -0.25) is 9.59 Å². The Morgan fingerprint density at radius 1 is 1.07 bits per heavy atom. The number of amides is 1. The Kier molecular flexibility index (Phi) is 6.56. The summed E-state index contributed by atoms with van der Waals surface area (Å²) in [6.45, 7) is -0.191. The second-order valence-electron chi connectivity index (χ2n) is 6.06. The van der Waals surface area contributed by atoms with Gasteiger partial charge in [-0.25, -0.2) is 4.68 Å². The van der Waals surface area contributed by atoms with E-state index in [1.807, 2.05) is 30.5 Å². The van der Waals surface area contributed by atoms with Crippen molar-refractivity contribution < 1.29 is 14.3 Å². The van der Waals surface area contributed by atoms with E-state index in [1.165, 1.54) is 6.07 Å². The molecule has 8 heteroatoms. The molecule has 0 unspecified atom stereocenters. The van der Waals surface area contributed by atoms with Gasteiger partial charge < -0.3 is 14.8 Å². The molecule has 0 saturated heterocycles. The number of hydrogen-bond acceptors (Lipinski definition) is 6. The van der Waals surface area contributed by atoms with E-state index in [-0.39, 0.29) is 18.0 Å². The van der Waals surface area contributed by atoms with Crippen LogP contribution in [0.15, 0.2) is 64.3 Å². The van der Waals surface area contributed by atoms with Crippen LogP contribution >= 0.6 is 11.8 Å². The van der Waals surface area contributed by atoms with Crippen molar-refractivity contribution in [2.75, 3.05) is 25.8 Å². The fourth-order valence-corrected chi connectivity index (χ4v) is 3.21. The van der Waals surface area contributed by atoms with Gasteiger partial charge >= 0.3 is 0 Å². The summed E-state index contributed by atoms with van der Waals surface area (Å²) in [7, 11) is 3.11. The van der Waals surface area contributed by atoms with Crippen molar-refractivity contribution >= 4 is 23.4 Å². The highest BCUT2D eigenvalue weighted by atomic mass is 32.2. The van der Waals surface area contributed by atoms with Gasteiger partial charge in [0.25, 0.3) is 5.56 Å². The van der Waals surface area contributed by atoms with Crippen LogP contribution in [0.1, 0.15) is 0 Å². The molecule has 150 valence electrons.